The number of aromatic nitrogens is 1. The molecule has 0 unspecified atom stereocenters. The second-order valence-electron chi connectivity index (χ2n) is 4.78. The van der Waals surface area contributed by atoms with Crippen LogP contribution in [0.15, 0.2) is 35.4 Å². The van der Waals surface area contributed by atoms with E-state index in [9.17, 15) is 4.79 Å². The van der Waals surface area contributed by atoms with Gasteiger partial charge in [-0.1, -0.05) is 11.6 Å². The molecular weight excluding hydrogens is 326 g/mol. The Bertz CT molecular complexity index is 806. The van der Waals surface area contributed by atoms with Gasteiger partial charge < -0.3 is 14.8 Å². The van der Waals surface area contributed by atoms with E-state index in [0.717, 1.165) is 22.6 Å². The Morgan fingerprint density at radius 3 is 2.96 bits per heavy atom. The molecule has 0 atom stereocenters. The number of thiazole rings is 1. The number of esters is 1. The average molecular weight is 343 g/mol. The third-order valence-corrected chi connectivity index (χ3v) is 3.86. The van der Waals surface area contributed by atoms with Gasteiger partial charge in [0.05, 0.1) is 19.4 Å². The summed E-state index contributed by atoms with van der Waals surface area (Å²) in [4.78, 5) is 16.0. The predicted octanol–water partition coefficient (Wildman–Crippen LogP) is 3.51. The van der Waals surface area contributed by atoms with Crippen LogP contribution in [0.5, 0.6) is 5.75 Å². The van der Waals surface area contributed by atoms with Crippen molar-refractivity contribution in [2.24, 2.45) is 0 Å². The Morgan fingerprint density at radius 1 is 1.50 bits per heavy atom. The van der Waals surface area contributed by atoms with Gasteiger partial charge in [-0.2, -0.15) is 5.26 Å². The molecule has 1 aromatic heterocycles. The van der Waals surface area contributed by atoms with Crippen molar-refractivity contribution < 1.29 is 14.3 Å². The van der Waals surface area contributed by atoms with Crippen LogP contribution in [0.1, 0.15) is 12.5 Å². The summed E-state index contributed by atoms with van der Waals surface area (Å²) >= 11 is 1.36. The van der Waals surface area contributed by atoms with Crippen molar-refractivity contribution in [1.29, 1.82) is 5.26 Å². The fraction of sp³-hybridized carbons (Fsp3) is 0.235. The third-order valence-electron chi connectivity index (χ3n) is 3.09. The molecule has 1 heterocycles. The summed E-state index contributed by atoms with van der Waals surface area (Å²) in [6.07, 6.45) is 1.30. The molecule has 124 valence electrons. The van der Waals surface area contributed by atoms with E-state index in [1.807, 2.05) is 30.5 Å². The van der Waals surface area contributed by atoms with Crippen molar-refractivity contribution in [3.05, 3.63) is 40.9 Å². The van der Waals surface area contributed by atoms with Crippen molar-refractivity contribution >= 4 is 22.4 Å². The number of methoxy groups -OCH3 is 1. The molecule has 1 aromatic carbocycles. The number of anilines is 1. The molecule has 0 saturated heterocycles. The second kappa shape index (κ2) is 8.13. The van der Waals surface area contributed by atoms with Gasteiger partial charge in [-0.05, 0) is 26.0 Å². The van der Waals surface area contributed by atoms with Crippen LogP contribution < -0.4 is 10.1 Å². The van der Waals surface area contributed by atoms with Gasteiger partial charge in [0.2, 0.25) is 0 Å². The summed E-state index contributed by atoms with van der Waals surface area (Å²) in [7, 11) is 1.61. The van der Waals surface area contributed by atoms with Crippen LogP contribution in [0, 0.1) is 18.3 Å². The number of nitrogens with zero attached hydrogens (tertiary/aromatic N) is 2. The first kappa shape index (κ1) is 17.5. The van der Waals surface area contributed by atoms with Crippen LogP contribution in [0.4, 0.5) is 5.13 Å². The number of nitriles is 1. The fourth-order valence-corrected chi connectivity index (χ4v) is 2.65. The molecular formula is C17H17N3O3S. The summed E-state index contributed by atoms with van der Waals surface area (Å²) in [6.45, 7) is 3.89. The Kier molecular flexibility index (Phi) is 5.93. The smallest absolute Gasteiger partial charge is 0.350 e. The molecule has 0 fully saturated rings. The average Bonchev–Trinajstić information content (AvgIpc) is 3.04. The molecule has 7 heteroatoms. The summed E-state index contributed by atoms with van der Waals surface area (Å²) in [6, 6.07) is 7.66. The molecule has 0 aliphatic rings. The number of hydrogen-bond donors (Lipinski definition) is 1. The lowest BCUT2D eigenvalue weighted by Crippen LogP contribution is -2.07. The van der Waals surface area contributed by atoms with E-state index in [0.29, 0.717) is 5.13 Å². The van der Waals surface area contributed by atoms with Crippen LogP contribution >= 0.6 is 11.3 Å². The van der Waals surface area contributed by atoms with E-state index >= 15 is 0 Å². The first-order valence-electron chi connectivity index (χ1n) is 7.23. The highest BCUT2D eigenvalue weighted by Gasteiger charge is 2.12. The topological polar surface area (TPSA) is 84.2 Å². The molecule has 6 nitrogen and oxygen atoms in total. The molecule has 0 aliphatic heterocycles. The van der Waals surface area contributed by atoms with Gasteiger partial charge in [-0.3, -0.25) is 0 Å². The number of rotatable bonds is 6. The van der Waals surface area contributed by atoms with E-state index in [-0.39, 0.29) is 12.2 Å². The predicted molar refractivity (Wildman–Crippen MR) is 92.8 cm³/mol. The van der Waals surface area contributed by atoms with Crippen LogP contribution in [0.25, 0.3) is 11.3 Å². The zero-order valence-corrected chi connectivity index (χ0v) is 14.4. The minimum absolute atomic E-state index is 0.110. The first-order chi connectivity index (χ1) is 11.6. The van der Waals surface area contributed by atoms with E-state index in [4.69, 9.17) is 14.7 Å². The Hall–Kier alpha value is -2.85. The zero-order valence-electron chi connectivity index (χ0n) is 13.6. The van der Waals surface area contributed by atoms with E-state index in [1.54, 1.807) is 20.1 Å². The lowest BCUT2D eigenvalue weighted by atomic mass is 10.1. The summed E-state index contributed by atoms with van der Waals surface area (Å²) in [5.41, 5.74) is 2.63. The molecule has 0 spiro atoms. The van der Waals surface area contributed by atoms with Gasteiger partial charge in [-0.25, -0.2) is 9.78 Å². The van der Waals surface area contributed by atoms with Gasteiger partial charge in [-0.15, -0.1) is 11.3 Å². The highest BCUT2D eigenvalue weighted by molar-refractivity contribution is 7.14. The Labute approximate surface area is 144 Å². The maximum atomic E-state index is 11.6. The molecule has 0 saturated carbocycles. The SMILES string of the molecule is CCOC(=O)/C(C#N)=C/Nc1nc(-c2cc(C)ccc2OC)cs1. The number of aryl methyl sites for hydroxylation is 1. The van der Waals surface area contributed by atoms with Crippen LogP contribution in [0.2, 0.25) is 0 Å². The largest absolute Gasteiger partial charge is 0.496 e. The molecule has 2 aromatic rings. The molecule has 0 bridgehead atoms. The summed E-state index contributed by atoms with van der Waals surface area (Å²) in [5, 5.41) is 14.3. The number of ether oxygens (including phenoxy) is 2. The van der Waals surface area contributed by atoms with Crippen molar-refractivity contribution in [3.63, 3.8) is 0 Å². The Balaban J connectivity index is 2.21. The quantitative estimate of drug-likeness (QED) is 0.491. The van der Waals surface area contributed by atoms with Gasteiger partial charge in [0.25, 0.3) is 0 Å². The van der Waals surface area contributed by atoms with Gasteiger partial charge in [0.1, 0.15) is 11.8 Å². The van der Waals surface area contributed by atoms with Crippen molar-refractivity contribution in [1.82, 2.24) is 4.98 Å². The molecule has 0 amide bonds. The lowest BCUT2D eigenvalue weighted by Gasteiger charge is -2.07. The maximum Gasteiger partial charge on any atom is 0.350 e. The van der Waals surface area contributed by atoms with Crippen LogP contribution in [-0.2, 0) is 9.53 Å². The van der Waals surface area contributed by atoms with Crippen molar-refractivity contribution in [3.8, 4) is 23.1 Å². The first-order valence-corrected chi connectivity index (χ1v) is 8.11. The maximum absolute atomic E-state index is 11.6. The standard InChI is InChI=1S/C17H17N3O3S/c1-4-23-16(21)12(8-18)9-19-17-20-14(10-24-17)13-7-11(2)5-6-15(13)22-3/h5-7,9-10H,4H2,1-3H3,(H,19,20)/b12-9+. The van der Waals surface area contributed by atoms with E-state index < -0.39 is 5.97 Å². The van der Waals surface area contributed by atoms with Crippen LogP contribution in [-0.4, -0.2) is 24.7 Å². The number of carbonyl (C=O) groups is 1. The minimum Gasteiger partial charge on any atom is -0.496 e. The van der Waals surface area contributed by atoms with E-state index in [1.165, 1.54) is 17.5 Å². The molecule has 24 heavy (non-hydrogen) atoms. The number of hydrogen-bond acceptors (Lipinski definition) is 7. The Morgan fingerprint density at radius 2 is 2.29 bits per heavy atom. The normalized spacial score (nSPS) is 10.8. The number of nitrogens with one attached hydrogen (secondary N) is 1. The van der Waals surface area contributed by atoms with Crippen molar-refractivity contribution in [2.45, 2.75) is 13.8 Å². The monoisotopic (exact) mass is 343 g/mol. The highest BCUT2D eigenvalue weighted by Crippen LogP contribution is 2.32. The highest BCUT2D eigenvalue weighted by atomic mass is 32.1. The number of benzene rings is 1. The lowest BCUT2D eigenvalue weighted by molar-refractivity contribution is -0.138. The molecule has 0 radical (unpaired) electrons. The molecule has 1 N–H and O–H groups in total. The van der Waals surface area contributed by atoms with Gasteiger partial charge in [0, 0.05) is 17.1 Å². The summed E-state index contributed by atoms with van der Waals surface area (Å²) < 4.78 is 10.2. The summed E-state index contributed by atoms with van der Waals surface area (Å²) in [5.74, 6) is 0.0712. The minimum atomic E-state index is -0.662. The fourth-order valence-electron chi connectivity index (χ4n) is 1.97. The second-order valence-corrected chi connectivity index (χ2v) is 5.63. The van der Waals surface area contributed by atoms with Crippen molar-refractivity contribution in [2.75, 3.05) is 19.0 Å². The number of carbonyl (C=O) groups excluding carboxylic acids is 1. The molecule has 2 rings (SSSR count). The van der Waals surface area contributed by atoms with Gasteiger partial charge >= 0.3 is 5.97 Å². The third kappa shape index (κ3) is 4.12. The van der Waals surface area contributed by atoms with E-state index in [2.05, 4.69) is 10.3 Å². The van der Waals surface area contributed by atoms with Crippen LogP contribution in [0.3, 0.4) is 0 Å². The zero-order chi connectivity index (χ0) is 17.5. The van der Waals surface area contributed by atoms with Gasteiger partial charge in [0.15, 0.2) is 10.7 Å². The molecule has 0 aliphatic carbocycles.